The minimum absolute atomic E-state index is 0.0738. The molecule has 0 aromatic heterocycles. The number of allylic oxidation sites excluding steroid dienone is 4. The predicted octanol–water partition coefficient (Wildman–Crippen LogP) is 16.0. The zero-order valence-electron chi connectivity index (χ0n) is 38.1. The number of esters is 3. The third-order valence-electron chi connectivity index (χ3n) is 10.9. The highest BCUT2D eigenvalue weighted by Crippen LogP contribution is 2.15. The largest absolute Gasteiger partial charge is 0.462 e. The monoisotopic (exact) mass is 803 g/mol. The van der Waals surface area contributed by atoms with Crippen LogP contribution < -0.4 is 0 Å². The lowest BCUT2D eigenvalue weighted by atomic mass is 10.0. The Kier molecular flexibility index (Phi) is 44.9. The molecule has 0 amide bonds. The van der Waals surface area contributed by atoms with Crippen LogP contribution in [0.3, 0.4) is 0 Å². The molecule has 1 atom stereocenters. The van der Waals surface area contributed by atoms with Crippen molar-refractivity contribution in [2.45, 2.75) is 271 Å². The van der Waals surface area contributed by atoms with E-state index in [1.807, 2.05) is 0 Å². The highest BCUT2D eigenvalue weighted by atomic mass is 16.6. The third kappa shape index (κ3) is 44.8. The molecule has 6 nitrogen and oxygen atoms in total. The Morgan fingerprint density at radius 3 is 0.895 bits per heavy atom. The standard InChI is InChI=1S/C51H94O6/c1-4-7-10-13-16-19-22-25-28-31-34-37-40-43-49(52)55-46-48(57-51(54)45-42-39-36-33-30-27-24-21-18-15-12-9-6-3)47-56-50(53)44-41-38-35-32-29-26-23-20-17-14-11-8-5-2/h19,21-22,24,48H,4-18,20,23,25-47H2,1-3H3/b22-19+,24-21+. The maximum Gasteiger partial charge on any atom is 0.306 e. The van der Waals surface area contributed by atoms with Crippen LogP contribution >= 0.6 is 0 Å². The topological polar surface area (TPSA) is 78.9 Å². The van der Waals surface area contributed by atoms with Crippen LogP contribution in [-0.4, -0.2) is 37.2 Å². The quantitative estimate of drug-likeness (QED) is 0.0264. The first-order valence-corrected chi connectivity index (χ1v) is 24.8. The summed E-state index contributed by atoms with van der Waals surface area (Å²) in [7, 11) is 0. The van der Waals surface area contributed by atoms with E-state index in [4.69, 9.17) is 14.2 Å². The van der Waals surface area contributed by atoms with Crippen LogP contribution in [0, 0.1) is 0 Å². The van der Waals surface area contributed by atoms with Crippen LogP contribution in [-0.2, 0) is 28.6 Å². The zero-order chi connectivity index (χ0) is 41.5. The van der Waals surface area contributed by atoms with Crippen LogP contribution in [0.15, 0.2) is 24.3 Å². The normalized spacial score (nSPS) is 12.1. The van der Waals surface area contributed by atoms with Gasteiger partial charge in [-0.2, -0.15) is 0 Å². The summed E-state index contributed by atoms with van der Waals surface area (Å²) in [5.41, 5.74) is 0. The first-order chi connectivity index (χ1) is 28.0. The summed E-state index contributed by atoms with van der Waals surface area (Å²) in [5.74, 6) is -0.883. The molecular formula is C51H94O6. The Bertz CT molecular complexity index is 927. The average Bonchev–Trinajstić information content (AvgIpc) is 3.21. The highest BCUT2D eigenvalue weighted by Gasteiger charge is 2.19. The van der Waals surface area contributed by atoms with Crippen molar-refractivity contribution in [2.24, 2.45) is 0 Å². The van der Waals surface area contributed by atoms with Gasteiger partial charge in [0, 0.05) is 19.3 Å². The highest BCUT2D eigenvalue weighted by molar-refractivity contribution is 5.71. The van der Waals surface area contributed by atoms with Crippen molar-refractivity contribution in [3.63, 3.8) is 0 Å². The summed E-state index contributed by atoms with van der Waals surface area (Å²) in [6, 6.07) is 0. The van der Waals surface area contributed by atoms with Gasteiger partial charge in [0.15, 0.2) is 6.10 Å². The lowest BCUT2D eigenvalue weighted by Gasteiger charge is -2.18. The molecule has 0 aromatic rings. The van der Waals surface area contributed by atoms with E-state index in [0.717, 1.165) is 70.6 Å². The third-order valence-corrected chi connectivity index (χ3v) is 10.9. The van der Waals surface area contributed by atoms with Gasteiger partial charge in [0.25, 0.3) is 0 Å². The number of ether oxygens (including phenoxy) is 3. The van der Waals surface area contributed by atoms with Gasteiger partial charge >= 0.3 is 17.9 Å². The smallest absolute Gasteiger partial charge is 0.306 e. The molecule has 334 valence electrons. The summed E-state index contributed by atoms with van der Waals surface area (Å²) >= 11 is 0. The first kappa shape index (κ1) is 54.9. The van der Waals surface area contributed by atoms with Gasteiger partial charge in [0.1, 0.15) is 13.2 Å². The Labute approximate surface area is 353 Å². The Hall–Kier alpha value is -2.11. The van der Waals surface area contributed by atoms with Gasteiger partial charge in [-0.25, -0.2) is 0 Å². The Morgan fingerprint density at radius 2 is 0.579 bits per heavy atom. The van der Waals surface area contributed by atoms with E-state index < -0.39 is 6.10 Å². The summed E-state index contributed by atoms with van der Waals surface area (Å²) in [6.07, 6.45) is 51.5. The minimum Gasteiger partial charge on any atom is -0.462 e. The van der Waals surface area contributed by atoms with Gasteiger partial charge in [-0.3, -0.25) is 14.4 Å². The van der Waals surface area contributed by atoms with E-state index in [1.165, 1.54) is 154 Å². The Balaban J connectivity index is 4.37. The van der Waals surface area contributed by atoms with Gasteiger partial charge in [0.2, 0.25) is 0 Å². The van der Waals surface area contributed by atoms with Crippen LogP contribution in [0.2, 0.25) is 0 Å². The number of rotatable bonds is 45. The average molecular weight is 803 g/mol. The van der Waals surface area contributed by atoms with E-state index in [1.54, 1.807) is 0 Å². The van der Waals surface area contributed by atoms with Gasteiger partial charge in [-0.1, -0.05) is 199 Å². The maximum absolute atomic E-state index is 12.7. The van der Waals surface area contributed by atoms with Crippen molar-refractivity contribution in [1.29, 1.82) is 0 Å². The summed E-state index contributed by atoms with van der Waals surface area (Å²) < 4.78 is 16.8. The number of unbranched alkanes of at least 4 members (excludes halogenated alkanes) is 30. The molecule has 0 N–H and O–H groups in total. The van der Waals surface area contributed by atoms with Crippen molar-refractivity contribution in [2.75, 3.05) is 13.2 Å². The number of hydrogen-bond acceptors (Lipinski definition) is 6. The molecule has 0 aromatic carbocycles. The van der Waals surface area contributed by atoms with E-state index >= 15 is 0 Å². The molecule has 0 rings (SSSR count). The minimum atomic E-state index is -0.773. The number of hydrogen-bond donors (Lipinski definition) is 0. The van der Waals surface area contributed by atoms with Crippen molar-refractivity contribution in [3.8, 4) is 0 Å². The fourth-order valence-corrected chi connectivity index (χ4v) is 7.14. The first-order valence-electron chi connectivity index (χ1n) is 24.8. The maximum atomic E-state index is 12.7. The van der Waals surface area contributed by atoms with E-state index in [-0.39, 0.29) is 31.1 Å². The van der Waals surface area contributed by atoms with Crippen molar-refractivity contribution < 1.29 is 28.6 Å². The molecule has 0 saturated carbocycles. The second-order valence-corrected chi connectivity index (χ2v) is 16.7. The second kappa shape index (κ2) is 46.6. The second-order valence-electron chi connectivity index (χ2n) is 16.7. The SMILES string of the molecule is CCCCCC/C=C/CCCCCCCC(=O)OCC(COC(=O)CCCCCCCCCCCCCCC)OC(=O)CCCCCCC/C=C/CCCCCC. The molecule has 1 unspecified atom stereocenters. The van der Waals surface area contributed by atoms with Crippen molar-refractivity contribution >= 4 is 17.9 Å². The van der Waals surface area contributed by atoms with E-state index in [2.05, 4.69) is 45.1 Å². The van der Waals surface area contributed by atoms with Gasteiger partial charge < -0.3 is 14.2 Å². The molecule has 0 radical (unpaired) electrons. The summed E-state index contributed by atoms with van der Waals surface area (Å²) in [5, 5.41) is 0. The summed E-state index contributed by atoms with van der Waals surface area (Å²) in [4.78, 5) is 37.8. The summed E-state index contributed by atoms with van der Waals surface area (Å²) in [6.45, 7) is 6.61. The van der Waals surface area contributed by atoms with Crippen molar-refractivity contribution in [3.05, 3.63) is 24.3 Å². The van der Waals surface area contributed by atoms with Crippen LogP contribution in [0.25, 0.3) is 0 Å². The zero-order valence-corrected chi connectivity index (χ0v) is 38.1. The molecule has 0 saturated heterocycles. The molecule has 6 heteroatoms. The number of carbonyl (C=O) groups excluding carboxylic acids is 3. The van der Waals surface area contributed by atoms with Crippen LogP contribution in [0.5, 0.6) is 0 Å². The van der Waals surface area contributed by atoms with Crippen LogP contribution in [0.1, 0.15) is 265 Å². The lowest BCUT2D eigenvalue weighted by molar-refractivity contribution is -0.167. The lowest BCUT2D eigenvalue weighted by Crippen LogP contribution is -2.30. The van der Waals surface area contributed by atoms with Crippen molar-refractivity contribution in [1.82, 2.24) is 0 Å². The molecule has 0 aliphatic heterocycles. The van der Waals surface area contributed by atoms with Gasteiger partial charge in [-0.15, -0.1) is 0 Å². The van der Waals surface area contributed by atoms with Crippen LogP contribution in [0.4, 0.5) is 0 Å². The molecule has 0 fully saturated rings. The predicted molar refractivity (Wildman–Crippen MR) is 243 cm³/mol. The van der Waals surface area contributed by atoms with Gasteiger partial charge in [-0.05, 0) is 70.6 Å². The Morgan fingerprint density at radius 1 is 0.333 bits per heavy atom. The molecule has 57 heavy (non-hydrogen) atoms. The molecule has 0 bridgehead atoms. The molecule has 0 aliphatic rings. The fraction of sp³-hybridized carbons (Fsp3) is 0.863. The number of carbonyl (C=O) groups is 3. The van der Waals surface area contributed by atoms with E-state index in [0.29, 0.717) is 19.3 Å². The fourth-order valence-electron chi connectivity index (χ4n) is 7.14. The molecule has 0 aliphatic carbocycles. The molecule has 0 heterocycles. The molecular weight excluding hydrogens is 709 g/mol. The van der Waals surface area contributed by atoms with Gasteiger partial charge in [0.05, 0.1) is 0 Å². The molecule has 0 spiro atoms. The van der Waals surface area contributed by atoms with E-state index in [9.17, 15) is 14.4 Å².